The minimum absolute atomic E-state index is 0.0790. The van der Waals surface area contributed by atoms with E-state index in [0.717, 1.165) is 5.56 Å². The number of carbonyl (C=O) groups is 2. The first-order chi connectivity index (χ1) is 13.0. The highest BCUT2D eigenvalue weighted by Crippen LogP contribution is 2.24. The van der Waals surface area contributed by atoms with Crippen molar-refractivity contribution < 1.29 is 14.3 Å². The lowest BCUT2D eigenvalue weighted by Crippen LogP contribution is -2.28. The summed E-state index contributed by atoms with van der Waals surface area (Å²) in [7, 11) is 3.31. The van der Waals surface area contributed by atoms with Crippen LogP contribution in [0.25, 0.3) is 10.6 Å². The van der Waals surface area contributed by atoms with Gasteiger partial charge in [0, 0.05) is 29.9 Å². The van der Waals surface area contributed by atoms with E-state index >= 15 is 0 Å². The van der Waals surface area contributed by atoms with Crippen molar-refractivity contribution in [3.8, 4) is 22.4 Å². The second kappa shape index (κ2) is 7.80. The predicted octanol–water partition coefficient (Wildman–Crippen LogP) is 2.51. The quantitative estimate of drug-likeness (QED) is 0.519. The van der Waals surface area contributed by atoms with Crippen LogP contribution in [0.15, 0.2) is 42.0 Å². The third kappa shape index (κ3) is 4.02. The maximum Gasteiger partial charge on any atom is 0.249 e. The number of amides is 1. The SMILES string of the molecule is COc1ccc(NC(=O)C(C#N)C(=O)c2csc(-c3cnn(C)c3)n2)cc1. The molecule has 0 spiro atoms. The van der Waals surface area contributed by atoms with E-state index in [1.807, 2.05) is 0 Å². The Bertz CT molecular complexity index is 1020. The molecule has 136 valence electrons. The topological polar surface area (TPSA) is 110 Å². The van der Waals surface area contributed by atoms with Crippen LogP contribution >= 0.6 is 11.3 Å². The highest BCUT2D eigenvalue weighted by molar-refractivity contribution is 7.13. The molecule has 3 aromatic rings. The van der Waals surface area contributed by atoms with E-state index in [1.54, 1.807) is 54.5 Å². The van der Waals surface area contributed by atoms with Crippen molar-refractivity contribution in [3.05, 3.63) is 47.7 Å². The van der Waals surface area contributed by atoms with E-state index in [-0.39, 0.29) is 5.69 Å². The van der Waals surface area contributed by atoms with Gasteiger partial charge < -0.3 is 10.1 Å². The molecular weight excluding hydrogens is 366 g/mol. The third-order valence-corrected chi connectivity index (χ3v) is 4.61. The number of ketones is 1. The zero-order valence-corrected chi connectivity index (χ0v) is 15.4. The summed E-state index contributed by atoms with van der Waals surface area (Å²) in [4.78, 5) is 29.2. The van der Waals surface area contributed by atoms with Crippen LogP contribution in [0.1, 0.15) is 10.5 Å². The Kier molecular flexibility index (Phi) is 5.28. The second-order valence-electron chi connectivity index (χ2n) is 5.58. The van der Waals surface area contributed by atoms with Crippen molar-refractivity contribution >= 4 is 28.7 Å². The number of ether oxygens (including phenoxy) is 1. The summed E-state index contributed by atoms with van der Waals surface area (Å²) in [6, 6.07) is 8.34. The van der Waals surface area contributed by atoms with Crippen molar-refractivity contribution in [3.63, 3.8) is 0 Å². The van der Waals surface area contributed by atoms with Gasteiger partial charge in [-0.3, -0.25) is 14.3 Å². The minimum atomic E-state index is -1.49. The van der Waals surface area contributed by atoms with Crippen molar-refractivity contribution in [1.82, 2.24) is 14.8 Å². The Hall–Kier alpha value is -3.51. The van der Waals surface area contributed by atoms with E-state index < -0.39 is 17.6 Å². The van der Waals surface area contributed by atoms with Crippen LogP contribution < -0.4 is 10.1 Å². The number of carbonyl (C=O) groups excluding carboxylic acids is 2. The molecule has 1 amide bonds. The number of benzene rings is 1. The average Bonchev–Trinajstić information content (AvgIpc) is 3.32. The first kappa shape index (κ1) is 18.3. The number of aromatic nitrogens is 3. The number of hydrogen-bond donors (Lipinski definition) is 1. The molecule has 1 unspecified atom stereocenters. The van der Waals surface area contributed by atoms with Crippen molar-refractivity contribution in [2.45, 2.75) is 0 Å². The van der Waals surface area contributed by atoms with Gasteiger partial charge in [-0.15, -0.1) is 11.3 Å². The van der Waals surface area contributed by atoms with Gasteiger partial charge in [-0.2, -0.15) is 10.4 Å². The number of aryl methyl sites for hydroxylation is 1. The number of thiazole rings is 1. The van der Waals surface area contributed by atoms with Crippen LogP contribution in [0, 0.1) is 17.2 Å². The molecule has 2 heterocycles. The Morgan fingerprint density at radius 3 is 2.67 bits per heavy atom. The maximum atomic E-state index is 12.6. The summed E-state index contributed by atoms with van der Waals surface area (Å²) in [5.74, 6) is -2.21. The summed E-state index contributed by atoms with van der Waals surface area (Å²) < 4.78 is 6.67. The molecule has 0 aliphatic rings. The molecule has 9 heteroatoms. The van der Waals surface area contributed by atoms with Gasteiger partial charge in [-0.1, -0.05) is 0 Å². The lowest BCUT2D eigenvalue weighted by Gasteiger charge is -2.09. The minimum Gasteiger partial charge on any atom is -0.497 e. The second-order valence-corrected chi connectivity index (χ2v) is 6.44. The van der Waals surface area contributed by atoms with Gasteiger partial charge in [0.15, 0.2) is 5.92 Å². The van der Waals surface area contributed by atoms with E-state index in [1.165, 1.54) is 23.8 Å². The zero-order chi connectivity index (χ0) is 19.4. The number of nitrogens with zero attached hydrogens (tertiary/aromatic N) is 4. The molecular formula is C18H15N5O3S. The van der Waals surface area contributed by atoms with Gasteiger partial charge in [-0.25, -0.2) is 4.98 Å². The molecule has 0 saturated heterocycles. The molecule has 1 atom stereocenters. The normalized spacial score (nSPS) is 11.4. The molecule has 0 saturated carbocycles. The first-order valence-electron chi connectivity index (χ1n) is 7.85. The van der Waals surface area contributed by atoms with Crippen LogP contribution in [0.5, 0.6) is 5.75 Å². The number of nitriles is 1. The van der Waals surface area contributed by atoms with Gasteiger partial charge in [-0.05, 0) is 24.3 Å². The van der Waals surface area contributed by atoms with Crippen LogP contribution in [0.3, 0.4) is 0 Å². The lowest BCUT2D eigenvalue weighted by molar-refractivity contribution is -0.117. The summed E-state index contributed by atoms with van der Waals surface area (Å²) >= 11 is 1.25. The van der Waals surface area contributed by atoms with Gasteiger partial charge in [0.1, 0.15) is 16.5 Å². The first-order valence-corrected chi connectivity index (χ1v) is 8.73. The van der Waals surface area contributed by atoms with Crippen molar-refractivity contribution in [2.75, 3.05) is 12.4 Å². The fourth-order valence-corrected chi connectivity index (χ4v) is 3.11. The average molecular weight is 381 g/mol. The number of anilines is 1. The number of rotatable bonds is 6. The Labute approximate surface area is 159 Å². The molecule has 2 aromatic heterocycles. The molecule has 0 radical (unpaired) electrons. The molecule has 1 aromatic carbocycles. The van der Waals surface area contributed by atoms with E-state index in [2.05, 4.69) is 15.4 Å². The fourth-order valence-electron chi connectivity index (χ4n) is 2.32. The molecule has 27 heavy (non-hydrogen) atoms. The maximum absolute atomic E-state index is 12.6. The molecule has 0 fully saturated rings. The van der Waals surface area contributed by atoms with Crippen LogP contribution in [-0.2, 0) is 11.8 Å². The molecule has 3 rings (SSSR count). The summed E-state index contributed by atoms with van der Waals surface area (Å²) in [5, 5.41) is 18.1. The summed E-state index contributed by atoms with van der Waals surface area (Å²) in [5.41, 5.74) is 1.30. The molecule has 0 aliphatic carbocycles. The summed E-state index contributed by atoms with van der Waals surface area (Å²) in [6.07, 6.45) is 3.40. The predicted molar refractivity (Wildman–Crippen MR) is 99.4 cm³/mol. The standard InChI is InChI=1S/C18H15N5O3S/c1-23-9-11(8-20-23)18-22-15(10-27-18)16(24)14(7-19)17(25)21-12-3-5-13(26-2)6-4-12/h3-6,8-10,14H,1-2H3,(H,21,25). The van der Waals surface area contributed by atoms with Crippen LogP contribution in [-0.4, -0.2) is 33.6 Å². The largest absolute Gasteiger partial charge is 0.497 e. The summed E-state index contributed by atoms with van der Waals surface area (Å²) in [6.45, 7) is 0. The van der Waals surface area contributed by atoms with Crippen LogP contribution in [0.4, 0.5) is 5.69 Å². The molecule has 0 aliphatic heterocycles. The monoisotopic (exact) mass is 381 g/mol. The smallest absolute Gasteiger partial charge is 0.249 e. The number of Topliss-reactive ketones (excluding diaryl/α,β-unsaturated/α-hetero) is 1. The molecule has 0 bridgehead atoms. The Morgan fingerprint density at radius 2 is 2.07 bits per heavy atom. The van der Waals surface area contributed by atoms with Crippen LogP contribution in [0.2, 0.25) is 0 Å². The van der Waals surface area contributed by atoms with Gasteiger partial charge in [0.2, 0.25) is 11.7 Å². The highest BCUT2D eigenvalue weighted by Gasteiger charge is 2.29. The van der Waals surface area contributed by atoms with Crippen molar-refractivity contribution in [1.29, 1.82) is 5.26 Å². The van der Waals surface area contributed by atoms with Gasteiger partial charge in [0.05, 0.1) is 19.4 Å². The molecule has 8 nitrogen and oxygen atoms in total. The zero-order valence-electron chi connectivity index (χ0n) is 14.5. The van der Waals surface area contributed by atoms with Gasteiger partial charge >= 0.3 is 0 Å². The number of hydrogen-bond acceptors (Lipinski definition) is 7. The van der Waals surface area contributed by atoms with E-state index in [0.29, 0.717) is 16.4 Å². The van der Waals surface area contributed by atoms with Crippen molar-refractivity contribution in [2.24, 2.45) is 13.0 Å². The number of methoxy groups -OCH3 is 1. The third-order valence-electron chi connectivity index (χ3n) is 3.72. The lowest BCUT2D eigenvalue weighted by atomic mass is 10.0. The Balaban J connectivity index is 1.74. The Morgan fingerprint density at radius 1 is 1.33 bits per heavy atom. The van der Waals surface area contributed by atoms with Gasteiger partial charge in [0.25, 0.3) is 0 Å². The van der Waals surface area contributed by atoms with E-state index in [9.17, 15) is 14.9 Å². The number of nitrogens with one attached hydrogen (secondary N) is 1. The molecule has 1 N–H and O–H groups in total. The fraction of sp³-hybridized carbons (Fsp3) is 0.167. The highest BCUT2D eigenvalue weighted by atomic mass is 32.1. The van der Waals surface area contributed by atoms with E-state index in [4.69, 9.17) is 4.74 Å².